The second kappa shape index (κ2) is 8.03. The minimum absolute atomic E-state index is 0.0596. The molecule has 0 radical (unpaired) electrons. The molecule has 3 N–H and O–H groups in total. The molecule has 0 aliphatic heterocycles. The van der Waals surface area contributed by atoms with Gasteiger partial charge in [-0.05, 0) is 30.7 Å². The lowest BCUT2D eigenvalue weighted by molar-refractivity contribution is 0.0951. The number of carbonyl (C=O) groups is 1. The quantitative estimate of drug-likeness (QED) is 0.475. The normalized spacial score (nSPS) is 11.3. The van der Waals surface area contributed by atoms with E-state index in [1.807, 2.05) is 0 Å². The number of hydrogen-bond donors (Lipinski definition) is 2. The summed E-state index contributed by atoms with van der Waals surface area (Å²) < 4.78 is 34.6. The van der Waals surface area contributed by atoms with Crippen LogP contribution in [0.15, 0.2) is 42.5 Å². The summed E-state index contributed by atoms with van der Waals surface area (Å²) >= 11 is 0. The highest BCUT2D eigenvalue weighted by Crippen LogP contribution is 2.32. The summed E-state index contributed by atoms with van der Waals surface area (Å²) in [5, 5.41) is 2.76. The molecule has 0 unspecified atom stereocenters. The average molecular weight is 411 g/mol. The van der Waals surface area contributed by atoms with Crippen LogP contribution in [0.1, 0.15) is 16.8 Å². The van der Waals surface area contributed by atoms with Crippen molar-refractivity contribution in [2.24, 2.45) is 0 Å². The van der Waals surface area contributed by atoms with Crippen LogP contribution >= 0.6 is 0 Å². The molecule has 0 saturated heterocycles. The van der Waals surface area contributed by atoms with Crippen molar-refractivity contribution in [2.75, 3.05) is 26.0 Å². The van der Waals surface area contributed by atoms with E-state index in [0.717, 1.165) is 18.2 Å². The number of nitrogens with two attached hydrogens (primary N) is 1. The molecule has 4 aromatic rings. The molecular formula is C21H19F2N5O2. The van der Waals surface area contributed by atoms with E-state index in [0.29, 0.717) is 30.6 Å². The number of carbonyl (C=O) groups excluding carboxylic acids is 1. The highest BCUT2D eigenvalue weighted by Gasteiger charge is 2.26. The summed E-state index contributed by atoms with van der Waals surface area (Å²) in [7, 11) is 1.57. The topological polar surface area (TPSA) is 95.1 Å². The molecule has 0 atom stereocenters. The number of anilines is 1. The maximum Gasteiger partial charge on any atom is 0.257 e. The number of nitrogens with zero attached hydrogens (tertiary/aromatic N) is 3. The van der Waals surface area contributed by atoms with E-state index in [-0.39, 0.29) is 28.2 Å². The number of fused-ring (bicyclic) bond motifs is 2. The van der Waals surface area contributed by atoms with Gasteiger partial charge in [0, 0.05) is 26.3 Å². The minimum Gasteiger partial charge on any atom is -0.385 e. The Kier molecular flexibility index (Phi) is 5.28. The zero-order valence-corrected chi connectivity index (χ0v) is 16.2. The molecule has 1 amide bonds. The maximum absolute atomic E-state index is 14.6. The van der Waals surface area contributed by atoms with Crippen LogP contribution in [0.4, 0.5) is 14.6 Å². The molecule has 7 nitrogen and oxygen atoms in total. The van der Waals surface area contributed by atoms with E-state index in [1.165, 1.54) is 4.57 Å². The first-order valence-corrected chi connectivity index (χ1v) is 9.30. The Hall–Kier alpha value is -3.59. The van der Waals surface area contributed by atoms with Crippen molar-refractivity contribution in [2.45, 2.75) is 6.42 Å². The fourth-order valence-electron chi connectivity index (χ4n) is 3.29. The van der Waals surface area contributed by atoms with Gasteiger partial charge < -0.3 is 15.8 Å². The summed E-state index contributed by atoms with van der Waals surface area (Å²) in [5.74, 6) is -1.91. The molecule has 2 aromatic carbocycles. The molecular weight excluding hydrogens is 392 g/mol. The van der Waals surface area contributed by atoms with Gasteiger partial charge in [-0.2, -0.15) is 0 Å². The van der Waals surface area contributed by atoms with E-state index in [4.69, 9.17) is 10.5 Å². The second-order valence-corrected chi connectivity index (χ2v) is 6.68. The maximum atomic E-state index is 14.6. The van der Waals surface area contributed by atoms with Crippen molar-refractivity contribution in [1.82, 2.24) is 19.9 Å². The Labute approximate surface area is 170 Å². The number of nitrogens with one attached hydrogen (secondary N) is 1. The van der Waals surface area contributed by atoms with Crippen molar-refractivity contribution in [3.05, 3.63) is 59.7 Å². The molecule has 0 fully saturated rings. The zero-order chi connectivity index (χ0) is 21.3. The van der Waals surface area contributed by atoms with E-state index >= 15 is 0 Å². The van der Waals surface area contributed by atoms with Crippen molar-refractivity contribution >= 4 is 33.9 Å². The summed E-state index contributed by atoms with van der Waals surface area (Å²) in [6.07, 6.45) is 0.605. The van der Waals surface area contributed by atoms with Crippen LogP contribution in [0.3, 0.4) is 0 Å². The zero-order valence-electron chi connectivity index (χ0n) is 16.2. The Morgan fingerprint density at radius 1 is 1.17 bits per heavy atom. The summed E-state index contributed by atoms with van der Waals surface area (Å²) in [6, 6.07) is 10.1. The van der Waals surface area contributed by atoms with E-state index in [2.05, 4.69) is 15.3 Å². The van der Waals surface area contributed by atoms with Gasteiger partial charge in [0.1, 0.15) is 28.5 Å². The van der Waals surface area contributed by atoms with Crippen LogP contribution in [0.25, 0.3) is 27.9 Å². The highest BCUT2D eigenvalue weighted by molar-refractivity contribution is 6.11. The van der Waals surface area contributed by atoms with Gasteiger partial charge >= 0.3 is 0 Å². The van der Waals surface area contributed by atoms with Crippen molar-refractivity contribution in [3.8, 4) is 5.69 Å². The van der Waals surface area contributed by atoms with Gasteiger partial charge in [0.2, 0.25) is 0 Å². The van der Waals surface area contributed by atoms with Crippen molar-refractivity contribution in [3.63, 3.8) is 0 Å². The minimum atomic E-state index is -0.706. The van der Waals surface area contributed by atoms with Gasteiger partial charge in [0.15, 0.2) is 5.65 Å². The lowest BCUT2D eigenvalue weighted by Gasteiger charge is -2.09. The van der Waals surface area contributed by atoms with Gasteiger partial charge in [-0.25, -0.2) is 18.7 Å². The number of benzene rings is 2. The number of methoxy groups -OCH3 is 1. The fraction of sp³-hybridized carbons (Fsp3) is 0.190. The Balaban J connectivity index is 1.95. The van der Waals surface area contributed by atoms with Gasteiger partial charge in [0.25, 0.3) is 5.91 Å². The molecule has 0 bridgehead atoms. The molecule has 30 heavy (non-hydrogen) atoms. The number of nitrogen functional groups attached to an aromatic ring is 1. The van der Waals surface area contributed by atoms with Crippen LogP contribution in [0.5, 0.6) is 0 Å². The van der Waals surface area contributed by atoms with Crippen LogP contribution in [-0.2, 0) is 4.74 Å². The molecule has 9 heteroatoms. The molecule has 2 aromatic heterocycles. The van der Waals surface area contributed by atoms with Crippen LogP contribution in [0.2, 0.25) is 0 Å². The third-order valence-electron chi connectivity index (χ3n) is 4.68. The monoisotopic (exact) mass is 411 g/mol. The molecule has 0 saturated carbocycles. The van der Waals surface area contributed by atoms with Gasteiger partial charge in [-0.1, -0.05) is 12.1 Å². The Morgan fingerprint density at radius 3 is 2.63 bits per heavy atom. The van der Waals surface area contributed by atoms with Gasteiger partial charge in [-0.15, -0.1) is 0 Å². The smallest absolute Gasteiger partial charge is 0.257 e. The van der Waals surface area contributed by atoms with Gasteiger partial charge in [-0.3, -0.25) is 9.36 Å². The summed E-state index contributed by atoms with van der Waals surface area (Å²) in [6.45, 7) is 0.838. The number of halogens is 2. The highest BCUT2D eigenvalue weighted by atomic mass is 19.1. The van der Waals surface area contributed by atoms with Crippen LogP contribution in [-0.4, -0.2) is 40.7 Å². The molecule has 0 spiro atoms. The van der Waals surface area contributed by atoms with E-state index < -0.39 is 17.5 Å². The number of hydrogen-bond acceptors (Lipinski definition) is 5. The van der Waals surface area contributed by atoms with Crippen LogP contribution < -0.4 is 11.1 Å². The standard InChI is InChI=1S/C21H19F2N5O2/c1-30-10-4-9-25-21(29)17-18-20(27-15-6-3-2-5-14(15)26-18)28(19(17)24)16-11-12(22)7-8-13(16)23/h2-3,5-8,11H,4,9-10,24H2,1H3,(H,25,29). The van der Waals surface area contributed by atoms with Crippen LogP contribution in [0, 0.1) is 11.6 Å². The SMILES string of the molecule is COCCCNC(=O)c1c(N)n(-c2cc(F)ccc2F)c2nc3ccccc3nc12. The lowest BCUT2D eigenvalue weighted by Crippen LogP contribution is -2.26. The number of rotatable bonds is 6. The molecule has 2 heterocycles. The first kappa shape index (κ1) is 19.7. The number of ether oxygens (including phenoxy) is 1. The fourth-order valence-corrected chi connectivity index (χ4v) is 3.29. The second-order valence-electron chi connectivity index (χ2n) is 6.68. The molecule has 0 aliphatic carbocycles. The molecule has 0 aliphatic rings. The third-order valence-corrected chi connectivity index (χ3v) is 4.68. The lowest BCUT2D eigenvalue weighted by atomic mass is 10.2. The Morgan fingerprint density at radius 2 is 1.90 bits per heavy atom. The van der Waals surface area contributed by atoms with E-state index in [1.54, 1.807) is 31.4 Å². The third kappa shape index (κ3) is 3.43. The number of aromatic nitrogens is 3. The molecule has 154 valence electrons. The van der Waals surface area contributed by atoms with Crippen molar-refractivity contribution < 1.29 is 18.3 Å². The summed E-state index contributed by atoms with van der Waals surface area (Å²) in [5.41, 5.74) is 7.63. The predicted octanol–water partition coefficient (Wildman–Crippen LogP) is 3.20. The average Bonchev–Trinajstić information content (AvgIpc) is 3.02. The molecule has 4 rings (SSSR count). The van der Waals surface area contributed by atoms with E-state index in [9.17, 15) is 13.6 Å². The first-order chi connectivity index (χ1) is 14.5. The number of para-hydroxylation sites is 2. The van der Waals surface area contributed by atoms with Gasteiger partial charge in [0.05, 0.1) is 16.7 Å². The van der Waals surface area contributed by atoms with Crippen molar-refractivity contribution in [1.29, 1.82) is 0 Å². The predicted molar refractivity (Wildman–Crippen MR) is 110 cm³/mol. The summed E-state index contributed by atoms with van der Waals surface area (Å²) in [4.78, 5) is 22.0. The first-order valence-electron chi connectivity index (χ1n) is 9.30. The largest absolute Gasteiger partial charge is 0.385 e. The Bertz CT molecular complexity index is 1260. The number of amides is 1.